The Labute approximate surface area is 169 Å². The van der Waals surface area contributed by atoms with Crippen molar-refractivity contribution in [3.63, 3.8) is 0 Å². The lowest BCUT2D eigenvalue weighted by molar-refractivity contribution is 0.0526. The van der Waals surface area contributed by atoms with Gasteiger partial charge in [-0.2, -0.15) is 0 Å². The van der Waals surface area contributed by atoms with Gasteiger partial charge in [0.2, 0.25) is 0 Å². The van der Waals surface area contributed by atoms with Crippen molar-refractivity contribution in [2.45, 2.75) is 39.2 Å². The average molecular weight is 396 g/mol. The maximum atomic E-state index is 14.1. The number of imidazole rings is 1. The highest BCUT2D eigenvalue weighted by Gasteiger charge is 2.28. The van der Waals surface area contributed by atoms with Crippen molar-refractivity contribution < 1.29 is 13.9 Å². The fraction of sp³-hybridized carbons (Fsp3) is 0.409. The van der Waals surface area contributed by atoms with Crippen molar-refractivity contribution >= 4 is 22.6 Å². The Bertz CT molecular complexity index is 1030. The molecule has 29 heavy (non-hydrogen) atoms. The molecule has 0 amide bonds. The molecule has 4 rings (SSSR count). The number of carbonyl (C=O) groups is 1. The zero-order valence-electron chi connectivity index (χ0n) is 16.8. The van der Waals surface area contributed by atoms with Crippen LogP contribution in [-0.2, 0) is 11.2 Å². The van der Waals surface area contributed by atoms with Crippen LogP contribution in [0.15, 0.2) is 36.8 Å². The molecular formula is C22H25FN4O2. The number of ether oxygens (including phenoxy) is 1. The second-order valence-electron chi connectivity index (χ2n) is 7.25. The predicted octanol–water partition coefficient (Wildman–Crippen LogP) is 4.15. The summed E-state index contributed by atoms with van der Waals surface area (Å²) in [5.74, 6) is 0.270. The molecule has 0 saturated carbocycles. The van der Waals surface area contributed by atoms with Crippen LogP contribution in [0.25, 0.3) is 10.9 Å². The number of hydrogen-bond donors (Lipinski definition) is 0. The van der Waals surface area contributed by atoms with Crippen LogP contribution >= 0.6 is 0 Å². The summed E-state index contributed by atoms with van der Waals surface area (Å²) in [6.07, 6.45) is 8.26. The lowest BCUT2D eigenvalue weighted by Gasteiger charge is -2.36. The third-order valence-electron chi connectivity index (χ3n) is 5.47. The molecule has 152 valence electrons. The van der Waals surface area contributed by atoms with E-state index in [-0.39, 0.29) is 18.5 Å². The molecule has 1 aliphatic rings. The maximum Gasteiger partial charge on any atom is 0.341 e. The van der Waals surface area contributed by atoms with E-state index >= 15 is 0 Å². The second kappa shape index (κ2) is 8.19. The second-order valence-corrected chi connectivity index (χ2v) is 7.25. The molecule has 7 heteroatoms. The number of anilines is 1. The number of carbonyl (C=O) groups excluding carboxylic acids is 1. The number of aryl methyl sites for hydroxylation is 1. The molecule has 1 aromatic carbocycles. The number of halogens is 1. The molecule has 0 N–H and O–H groups in total. The van der Waals surface area contributed by atoms with Crippen LogP contribution in [0.5, 0.6) is 0 Å². The molecule has 1 unspecified atom stereocenters. The zero-order chi connectivity index (χ0) is 20.4. The van der Waals surface area contributed by atoms with E-state index in [1.165, 1.54) is 12.1 Å². The van der Waals surface area contributed by atoms with Crippen molar-refractivity contribution in [1.29, 1.82) is 0 Å². The summed E-state index contributed by atoms with van der Waals surface area (Å²) in [7, 11) is 0. The van der Waals surface area contributed by atoms with Crippen molar-refractivity contribution in [3.8, 4) is 0 Å². The van der Waals surface area contributed by atoms with Gasteiger partial charge in [0.05, 0.1) is 23.9 Å². The van der Waals surface area contributed by atoms with Gasteiger partial charge in [-0.25, -0.2) is 14.2 Å². The van der Waals surface area contributed by atoms with Crippen LogP contribution in [0, 0.1) is 5.82 Å². The van der Waals surface area contributed by atoms with E-state index in [0.29, 0.717) is 28.7 Å². The van der Waals surface area contributed by atoms with Crippen LogP contribution in [0.3, 0.4) is 0 Å². The summed E-state index contributed by atoms with van der Waals surface area (Å²) < 4.78 is 21.6. The number of piperidine rings is 1. The molecule has 2 aromatic heterocycles. The van der Waals surface area contributed by atoms with E-state index in [0.717, 1.165) is 31.6 Å². The number of hydrogen-bond acceptors (Lipinski definition) is 5. The molecule has 6 nitrogen and oxygen atoms in total. The van der Waals surface area contributed by atoms with Crippen molar-refractivity contribution in [2.24, 2.45) is 0 Å². The van der Waals surface area contributed by atoms with Crippen LogP contribution in [0.4, 0.5) is 10.1 Å². The minimum absolute atomic E-state index is 0.244. The quantitative estimate of drug-likeness (QED) is 0.607. The molecule has 3 heterocycles. The number of aromatic nitrogens is 3. The third kappa shape index (κ3) is 3.69. The largest absolute Gasteiger partial charge is 0.462 e. The van der Waals surface area contributed by atoms with Gasteiger partial charge in [0, 0.05) is 43.5 Å². The first-order chi connectivity index (χ1) is 14.1. The van der Waals surface area contributed by atoms with Gasteiger partial charge in [0.15, 0.2) is 0 Å². The highest BCUT2D eigenvalue weighted by molar-refractivity contribution is 6.05. The Morgan fingerprint density at radius 2 is 2.17 bits per heavy atom. The zero-order valence-corrected chi connectivity index (χ0v) is 16.8. The SMILES string of the molecule is CCOC(=O)c1cnc2ccc(F)cc2c1N1CCCC(n2ccnc2CC)C1. The summed E-state index contributed by atoms with van der Waals surface area (Å²) >= 11 is 0. The van der Waals surface area contributed by atoms with Gasteiger partial charge in [0.1, 0.15) is 17.2 Å². The van der Waals surface area contributed by atoms with E-state index in [1.807, 2.05) is 12.4 Å². The highest BCUT2D eigenvalue weighted by Crippen LogP contribution is 2.35. The molecule has 1 saturated heterocycles. The number of fused-ring (bicyclic) bond motifs is 1. The summed E-state index contributed by atoms with van der Waals surface area (Å²) in [5, 5.41) is 0.637. The van der Waals surface area contributed by atoms with Crippen molar-refractivity contribution in [3.05, 3.63) is 54.0 Å². The van der Waals surface area contributed by atoms with Crippen molar-refractivity contribution in [2.75, 3.05) is 24.6 Å². The van der Waals surface area contributed by atoms with E-state index in [9.17, 15) is 9.18 Å². The van der Waals surface area contributed by atoms with Gasteiger partial charge in [-0.3, -0.25) is 4.98 Å². The van der Waals surface area contributed by atoms with Crippen LogP contribution in [-0.4, -0.2) is 40.2 Å². The van der Waals surface area contributed by atoms with Gasteiger partial charge in [-0.1, -0.05) is 6.92 Å². The molecule has 0 spiro atoms. The van der Waals surface area contributed by atoms with Crippen LogP contribution in [0.2, 0.25) is 0 Å². The predicted molar refractivity (Wildman–Crippen MR) is 110 cm³/mol. The Kier molecular flexibility index (Phi) is 5.47. The fourth-order valence-electron chi connectivity index (χ4n) is 4.18. The van der Waals surface area contributed by atoms with E-state index in [1.54, 1.807) is 19.2 Å². The first kappa shape index (κ1) is 19.4. The van der Waals surface area contributed by atoms with Gasteiger partial charge in [0.25, 0.3) is 0 Å². The number of benzene rings is 1. The van der Waals surface area contributed by atoms with Crippen LogP contribution in [0.1, 0.15) is 48.9 Å². The normalized spacial score (nSPS) is 16.9. The van der Waals surface area contributed by atoms with E-state index < -0.39 is 5.97 Å². The third-order valence-corrected chi connectivity index (χ3v) is 5.47. The standard InChI is InChI=1S/C22H25FN4O2/c1-3-20-24-9-11-27(20)16-6-5-10-26(14-16)21-17-12-15(23)7-8-19(17)25-13-18(21)22(28)29-4-2/h7-9,11-13,16H,3-6,10,14H2,1-2H3. The number of nitrogens with zero attached hydrogens (tertiary/aromatic N) is 4. The molecule has 0 bridgehead atoms. The molecule has 3 aromatic rings. The van der Waals surface area contributed by atoms with Gasteiger partial charge < -0.3 is 14.2 Å². The smallest absolute Gasteiger partial charge is 0.341 e. The lowest BCUT2D eigenvalue weighted by atomic mass is 10.0. The topological polar surface area (TPSA) is 60.2 Å². The Balaban J connectivity index is 1.79. The summed E-state index contributed by atoms with van der Waals surface area (Å²) in [5.41, 5.74) is 1.75. The molecule has 1 aliphatic heterocycles. The number of esters is 1. The fourth-order valence-corrected chi connectivity index (χ4v) is 4.18. The summed E-state index contributed by atoms with van der Waals surface area (Å²) in [6.45, 7) is 5.64. The minimum atomic E-state index is -0.430. The van der Waals surface area contributed by atoms with Gasteiger partial charge in [-0.05, 0) is 38.0 Å². The Hall–Kier alpha value is -2.96. The highest BCUT2D eigenvalue weighted by atomic mass is 19.1. The maximum absolute atomic E-state index is 14.1. The first-order valence-corrected chi connectivity index (χ1v) is 10.1. The summed E-state index contributed by atoms with van der Waals surface area (Å²) in [4.78, 5) is 23.6. The van der Waals surface area contributed by atoms with Gasteiger partial charge >= 0.3 is 5.97 Å². The van der Waals surface area contributed by atoms with E-state index in [4.69, 9.17) is 4.74 Å². The van der Waals surface area contributed by atoms with Crippen molar-refractivity contribution in [1.82, 2.24) is 14.5 Å². The Morgan fingerprint density at radius 1 is 1.31 bits per heavy atom. The van der Waals surface area contributed by atoms with E-state index in [2.05, 4.69) is 26.4 Å². The minimum Gasteiger partial charge on any atom is -0.462 e. The summed E-state index contributed by atoms with van der Waals surface area (Å²) in [6, 6.07) is 4.74. The Morgan fingerprint density at radius 3 is 2.97 bits per heavy atom. The van der Waals surface area contributed by atoms with Crippen LogP contribution < -0.4 is 4.90 Å². The molecule has 1 fully saturated rings. The number of pyridine rings is 1. The van der Waals surface area contributed by atoms with Gasteiger partial charge in [-0.15, -0.1) is 0 Å². The molecule has 0 aliphatic carbocycles. The molecule has 0 radical (unpaired) electrons. The first-order valence-electron chi connectivity index (χ1n) is 10.1. The number of rotatable bonds is 5. The molecular weight excluding hydrogens is 371 g/mol. The lowest BCUT2D eigenvalue weighted by Crippen LogP contribution is -2.38. The average Bonchev–Trinajstić information content (AvgIpc) is 3.22. The molecule has 1 atom stereocenters. The monoisotopic (exact) mass is 396 g/mol.